The number of nitrogens with zero attached hydrogens (tertiary/aromatic N) is 1. The topological polar surface area (TPSA) is 12.4 Å². The molecule has 0 aromatic rings. The third kappa shape index (κ3) is 6.08. The molecule has 66 valence electrons. The van der Waals surface area contributed by atoms with Gasteiger partial charge < -0.3 is 0 Å². The molecule has 1 nitrogen and oxygen atoms in total. The van der Waals surface area contributed by atoms with Crippen LogP contribution in [0.2, 0.25) is 0 Å². The van der Waals surface area contributed by atoms with Gasteiger partial charge in [0.25, 0.3) is 0 Å². The average molecular weight is 155 g/mol. The van der Waals surface area contributed by atoms with Gasteiger partial charge in [0.15, 0.2) is 0 Å². The number of hydrogen-bond donors (Lipinski definition) is 0. The molecule has 0 aromatic heterocycles. The summed E-state index contributed by atoms with van der Waals surface area (Å²) < 4.78 is 0. The number of hydrogen-bond acceptors (Lipinski definition) is 1. The fourth-order valence-electron chi connectivity index (χ4n) is 1.03. The summed E-state index contributed by atoms with van der Waals surface area (Å²) in [6, 6.07) is 0.537. The lowest BCUT2D eigenvalue weighted by Crippen LogP contribution is -2.01. The van der Waals surface area contributed by atoms with Crippen molar-refractivity contribution in [2.24, 2.45) is 4.99 Å². The van der Waals surface area contributed by atoms with Gasteiger partial charge in [-0.2, -0.15) is 0 Å². The van der Waals surface area contributed by atoms with Crippen LogP contribution in [0.25, 0.3) is 0 Å². The van der Waals surface area contributed by atoms with E-state index < -0.39 is 0 Å². The van der Waals surface area contributed by atoms with Crippen molar-refractivity contribution in [2.45, 2.75) is 59.4 Å². The van der Waals surface area contributed by atoms with Crippen molar-refractivity contribution >= 4 is 5.71 Å². The van der Waals surface area contributed by atoms with Gasteiger partial charge in [-0.05, 0) is 26.7 Å². The second kappa shape index (κ2) is 6.38. The molecule has 0 aromatic carbocycles. The predicted octanol–water partition coefficient (Wildman–Crippen LogP) is 3.44. The van der Waals surface area contributed by atoms with Crippen molar-refractivity contribution in [3.63, 3.8) is 0 Å². The molecule has 0 fully saturated rings. The summed E-state index contributed by atoms with van der Waals surface area (Å²) in [5, 5.41) is 0. The van der Waals surface area contributed by atoms with E-state index in [2.05, 4.69) is 32.7 Å². The smallest absolute Gasteiger partial charge is 0.0470 e. The standard InChI is InChI=1S/C10H21N/c1-5-7-8-10(4)11-9(3)6-2/h10H,5-8H2,1-4H3. The van der Waals surface area contributed by atoms with Crippen molar-refractivity contribution in [1.82, 2.24) is 0 Å². The summed E-state index contributed by atoms with van der Waals surface area (Å²) >= 11 is 0. The van der Waals surface area contributed by atoms with E-state index in [0.29, 0.717) is 6.04 Å². The van der Waals surface area contributed by atoms with Crippen LogP contribution in [-0.4, -0.2) is 11.8 Å². The quantitative estimate of drug-likeness (QED) is 0.539. The summed E-state index contributed by atoms with van der Waals surface area (Å²) in [5.41, 5.74) is 1.29. The van der Waals surface area contributed by atoms with Crippen LogP contribution in [0.4, 0.5) is 0 Å². The third-order valence-electron chi connectivity index (χ3n) is 1.93. The van der Waals surface area contributed by atoms with Crippen LogP contribution < -0.4 is 0 Å². The van der Waals surface area contributed by atoms with Crippen molar-refractivity contribution in [3.05, 3.63) is 0 Å². The molecule has 0 aliphatic rings. The predicted molar refractivity (Wildman–Crippen MR) is 52.4 cm³/mol. The molecule has 1 unspecified atom stereocenters. The highest BCUT2D eigenvalue weighted by Crippen LogP contribution is 2.04. The van der Waals surface area contributed by atoms with E-state index in [4.69, 9.17) is 0 Å². The molecule has 0 saturated carbocycles. The molecular formula is C10H21N. The van der Waals surface area contributed by atoms with Crippen LogP contribution in [-0.2, 0) is 0 Å². The van der Waals surface area contributed by atoms with E-state index in [9.17, 15) is 0 Å². The van der Waals surface area contributed by atoms with E-state index >= 15 is 0 Å². The maximum absolute atomic E-state index is 4.55. The number of aliphatic imine (C=N–C) groups is 1. The highest BCUT2D eigenvalue weighted by atomic mass is 14.8. The molecule has 0 saturated heterocycles. The van der Waals surface area contributed by atoms with Gasteiger partial charge >= 0.3 is 0 Å². The molecular weight excluding hydrogens is 134 g/mol. The van der Waals surface area contributed by atoms with Gasteiger partial charge in [-0.25, -0.2) is 0 Å². The Bertz CT molecular complexity index is 116. The van der Waals surface area contributed by atoms with Crippen LogP contribution >= 0.6 is 0 Å². The fraction of sp³-hybridized carbons (Fsp3) is 0.900. The Hall–Kier alpha value is -0.330. The zero-order valence-corrected chi connectivity index (χ0v) is 8.35. The molecule has 1 atom stereocenters. The molecule has 0 rings (SSSR count). The van der Waals surface area contributed by atoms with E-state index in [-0.39, 0.29) is 0 Å². The largest absolute Gasteiger partial charge is 0.291 e. The normalized spacial score (nSPS) is 15.1. The molecule has 0 bridgehead atoms. The lowest BCUT2D eigenvalue weighted by molar-refractivity contribution is 0.616. The Morgan fingerprint density at radius 3 is 2.45 bits per heavy atom. The Balaban J connectivity index is 3.57. The average Bonchev–Trinajstić information content (AvgIpc) is 2.00. The van der Waals surface area contributed by atoms with Gasteiger partial charge in [0.05, 0.1) is 0 Å². The van der Waals surface area contributed by atoms with Crippen molar-refractivity contribution in [1.29, 1.82) is 0 Å². The summed E-state index contributed by atoms with van der Waals surface area (Å²) in [4.78, 5) is 4.55. The summed E-state index contributed by atoms with van der Waals surface area (Å²) in [6.07, 6.45) is 4.93. The van der Waals surface area contributed by atoms with Gasteiger partial charge in [0.1, 0.15) is 0 Å². The monoisotopic (exact) mass is 155 g/mol. The summed E-state index contributed by atoms with van der Waals surface area (Å²) in [7, 11) is 0. The van der Waals surface area contributed by atoms with Crippen LogP contribution in [0.5, 0.6) is 0 Å². The number of unbranched alkanes of at least 4 members (excludes halogenated alkanes) is 1. The SMILES string of the molecule is CCCCC(C)N=C(C)CC. The molecule has 0 aliphatic carbocycles. The second-order valence-electron chi connectivity index (χ2n) is 3.21. The van der Waals surface area contributed by atoms with Crippen LogP contribution in [0.3, 0.4) is 0 Å². The van der Waals surface area contributed by atoms with Crippen LogP contribution in [0.1, 0.15) is 53.4 Å². The number of rotatable bonds is 5. The fourth-order valence-corrected chi connectivity index (χ4v) is 1.03. The molecule has 0 N–H and O–H groups in total. The van der Waals surface area contributed by atoms with Gasteiger partial charge in [-0.1, -0.05) is 26.7 Å². The highest BCUT2D eigenvalue weighted by Gasteiger charge is 1.97. The van der Waals surface area contributed by atoms with Crippen molar-refractivity contribution < 1.29 is 0 Å². The van der Waals surface area contributed by atoms with Gasteiger partial charge in [0.2, 0.25) is 0 Å². The summed E-state index contributed by atoms with van der Waals surface area (Å²) in [6.45, 7) is 8.70. The van der Waals surface area contributed by atoms with E-state index in [1.165, 1.54) is 25.0 Å². The van der Waals surface area contributed by atoms with E-state index in [1.54, 1.807) is 0 Å². The van der Waals surface area contributed by atoms with Crippen LogP contribution in [0.15, 0.2) is 4.99 Å². The Morgan fingerprint density at radius 2 is 2.00 bits per heavy atom. The zero-order valence-electron chi connectivity index (χ0n) is 8.35. The second-order valence-corrected chi connectivity index (χ2v) is 3.21. The first-order chi connectivity index (χ1) is 5.20. The molecule has 0 spiro atoms. The first-order valence-corrected chi connectivity index (χ1v) is 4.74. The molecule has 0 heterocycles. The highest BCUT2D eigenvalue weighted by molar-refractivity contribution is 5.81. The molecule has 0 amide bonds. The van der Waals surface area contributed by atoms with Crippen molar-refractivity contribution in [2.75, 3.05) is 0 Å². The minimum Gasteiger partial charge on any atom is -0.291 e. The maximum Gasteiger partial charge on any atom is 0.0470 e. The first kappa shape index (κ1) is 10.7. The lowest BCUT2D eigenvalue weighted by atomic mass is 10.1. The Kier molecular flexibility index (Phi) is 6.19. The van der Waals surface area contributed by atoms with E-state index in [0.717, 1.165) is 6.42 Å². The van der Waals surface area contributed by atoms with Gasteiger partial charge in [-0.3, -0.25) is 4.99 Å². The van der Waals surface area contributed by atoms with E-state index in [1.807, 2.05) is 0 Å². The third-order valence-corrected chi connectivity index (χ3v) is 1.93. The van der Waals surface area contributed by atoms with Crippen LogP contribution in [0, 0.1) is 0 Å². The minimum absolute atomic E-state index is 0.537. The molecule has 1 heteroatoms. The van der Waals surface area contributed by atoms with Gasteiger partial charge in [-0.15, -0.1) is 0 Å². The summed E-state index contributed by atoms with van der Waals surface area (Å²) in [5.74, 6) is 0. The zero-order chi connectivity index (χ0) is 8.69. The maximum atomic E-state index is 4.55. The minimum atomic E-state index is 0.537. The molecule has 0 radical (unpaired) electrons. The van der Waals surface area contributed by atoms with Gasteiger partial charge in [0, 0.05) is 11.8 Å². The Labute approximate surface area is 70.9 Å². The Morgan fingerprint density at radius 1 is 1.36 bits per heavy atom. The molecule has 0 aliphatic heterocycles. The lowest BCUT2D eigenvalue weighted by Gasteiger charge is -2.05. The molecule has 11 heavy (non-hydrogen) atoms. The van der Waals surface area contributed by atoms with Crippen molar-refractivity contribution in [3.8, 4) is 0 Å². The first-order valence-electron chi connectivity index (χ1n) is 4.74.